The molecule has 0 aliphatic heterocycles. The van der Waals surface area contributed by atoms with Gasteiger partial charge in [-0.3, -0.25) is 14.2 Å². The lowest BCUT2D eigenvalue weighted by Gasteiger charge is -2.10. The lowest BCUT2D eigenvalue weighted by molar-refractivity contribution is -0.124. The zero-order valence-electron chi connectivity index (χ0n) is 16.3. The maximum Gasteiger partial charge on any atom is 0.239 e. The fourth-order valence-corrected chi connectivity index (χ4v) is 3.51. The van der Waals surface area contributed by atoms with E-state index >= 15 is 0 Å². The van der Waals surface area contributed by atoms with Crippen molar-refractivity contribution in [3.05, 3.63) is 54.0 Å². The molecule has 0 saturated heterocycles. The fourth-order valence-electron chi connectivity index (χ4n) is 2.74. The first-order valence-electron chi connectivity index (χ1n) is 9.26. The van der Waals surface area contributed by atoms with Gasteiger partial charge in [0.05, 0.1) is 30.7 Å². The Morgan fingerprint density at radius 3 is 2.59 bits per heavy atom. The van der Waals surface area contributed by atoms with Gasteiger partial charge < -0.3 is 15.1 Å². The van der Waals surface area contributed by atoms with Gasteiger partial charge in [0.25, 0.3) is 0 Å². The van der Waals surface area contributed by atoms with Crippen LogP contribution in [-0.2, 0) is 16.1 Å². The summed E-state index contributed by atoms with van der Waals surface area (Å²) in [5.41, 5.74) is 1.96. The summed E-state index contributed by atoms with van der Waals surface area (Å²) in [5, 5.41) is 14.5. The Balaban J connectivity index is 1.74. The first-order valence-corrected chi connectivity index (χ1v) is 10.2. The Morgan fingerprint density at radius 2 is 1.90 bits per heavy atom. The van der Waals surface area contributed by atoms with Gasteiger partial charge >= 0.3 is 0 Å². The number of nitrogens with zero attached hydrogens (tertiary/aromatic N) is 3. The zero-order chi connectivity index (χ0) is 20.6. The Hall–Kier alpha value is -3.07. The molecule has 2 N–H and O–H groups in total. The molecule has 3 rings (SSSR count). The summed E-state index contributed by atoms with van der Waals surface area (Å²) in [7, 11) is 0. The highest BCUT2D eigenvalue weighted by atomic mass is 32.2. The number of furan rings is 1. The first-order chi connectivity index (χ1) is 14.1. The third kappa shape index (κ3) is 5.47. The van der Waals surface area contributed by atoms with Crippen LogP contribution in [0.25, 0.3) is 11.4 Å². The molecule has 3 aromatic rings. The predicted octanol–water partition coefficient (Wildman–Crippen LogP) is 2.24. The van der Waals surface area contributed by atoms with E-state index in [2.05, 4.69) is 20.8 Å². The lowest BCUT2D eigenvalue weighted by atomic mass is 10.2. The summed E-state index contributed by atoms with van der Waals surface area (Å²) >= 11 is 1.28. The largest absolute Gasteiger partial charge is 0.469 e. The Morgan fingerprint density at radius 1 is 1.10 bits per heavy atom. The van der Waals surface area contributed by atoms with Crippen LogP contribution in [0.3, 0.4) is 0 Å². The van der Waals surface area contributed by atoms with Crippen LogP contribution in [0, 0.1) is 6.92 Å². The van der Waals surface area contributed by atoms with Crippen molar-refractivity contribution in [1.29, 1.82) is 0 Å². The van der Waals surface area contributed by atoms with Crippen LogP contribution in [-0.4, -0.2) is 45.4 Å². The fraction of sp³-hybridized carbons (Fsp3) is 0.300. The molecule has 0 fully saturated rings. The van der Waals surface area contributed by atoms with Crippen LogP contribution in [0.5, 0.6) is 0 Å². The van der Waals surface area contributed by atoms with Gasteiger partial charge in [0, 0.05) is 6.54 Å². The summed E-state index contributed by atoms with van der Waals surface area (Å²) in [6.45, 7) is 4.76. The summed E-state index contributed by atoms with van der Waals surface area (Å²) in [6.07, 6.45) is 1.62. The maximum absolute atomic E-state index is 12.1. The van der Waals surface area contributed by atoms with Gasteiger partial charge in [-0.1, -0.05) is 42.1 Å². The van der Waals surface area contributed by atoms with Crippen LogP contribution in [0.4, 0.5) is 0 Å². The number of rotatable bonds is 9. The number of likely N-dealkylation sites (N-methyl/N-ethyl adjacent to an activating group) is 1. The van der Waals surface area contributed by atoms with Gasteiger partial charge in [-0.05, 0) is 25.5 Å². The summed E-state index contributed by atoms with van der Waals surface area (Å²) in [6, 6.07) is 11.8. The molecule has 0 saturated carbocycles. The van der Waals surface area contributed by atoms with Crippen molar-refractivity contribution in [2.45, 2.75) is 25.5 Å². The van der Waals surface area contributed by atoms with E-state index < -0.39 is 0 Å². The highest BCUT2D eigenvalue weighted by molar-refractivity contribution is 7.99. The minimum absolute atomic E-state index is 0.0383. The van der Waals surface area contributed by atoms with Crippen LogP contribution < -0.4 is 10.6 Å². The first kappa shape index (κ1) is 20.7. The minimum atomic E-state index is -0.239. The van der Waals surface area contributed by atoms with E-state index in [-0.39, 0.29) is 24.1 Å². The molecule has 0 spiro atoms. The smallest absolute Gasteiger partial charge is 0.239 e. The minimum Gasteiger partial charge on any atom is -0.469 e. The molecule has 0 unspecified atom stereocenters. The topological polar surface area (TPSA) is 102 Å². The lowest BCUT2D eigenvalue weighted by Crippen LogP contribution is -2.37. The Bertz CT molecular complexity index is 968. The van der Waals surface area contributed by atoms with E-state index in [4.69, 9.17) is 4.42 Å². The molecule has 8 nitrogen and oxygen atoms in total. The molecule has 1 aromatic carbocycles. The molecule has 152 valence electrons. The monoisotopic (exact) mass is 413 g/mol. The summed E-state index contributed by atoms with van der Waals surface area (Å²) < 4.78 is 7.38. The van der Waals surface area contributed by atoms with Gasteiger partial charge in [0.15, 0.2) is 11.0 Å². The summed E-state index contributed by atoms with van der Waals surface area (Å²) in [5.74, 6) is 1.12. The van der Waals surface area contributed by atoms with Crippen molar-refractivity contribution in [3.8, 4) is 11.4 Å². The van der Waals surface area contributed by atoms with Crippen molar-refractivity contribution >= 4 is 23.6 Å². The number of carbonyl (C=O) groups is 2. The van der Waals surface area contributed by atoms with Crippen molar-refractivity contribution in [1.82, 2.24) is 25.4 Å². The van der Waals surface area contributed by atoms with Gasteiger partial charge in [-0.2, -0.15) is 0 Å². The van der Waals surface area contributed by atoms with E-state index in [1.54, 1.807) is 6.26 Å². The second kappa shape index (κ2) is 9.92. The molecule has 9 heteroatoms. The van der Waals surface area contributed by atoms with Crippen LogP contribution in [0.2, 0.25) is 0 Å². The number of nitrogens with one attached hydrogen (secondary N) is 2. The molecular formula is C20H23N5O3S. The third-order valence-corrected chi connectivity index (χ3v) is 5.12. The van der Waals surface area contributed by atoms with Gasteiger partial charge in [-0.15, -0.1) is 10.2 Å². The highest BCUT2D eigenvalue weighted by Crippen LogP contribution is 2.27. The molecule has 2 heterocycles. The number of hydrogen-bond donors (Lipinski definition) is 2. The second-order valence-corrected chi connectivity index (χ2v) is 7.23. The standard InChI is InChI=1S/C20H23N5O3S/c1-3-21-17(26)11-22-18(27)13-29-20-24-23-19(16-9-10-28-14(16)2)25(20)12-15-7-5-4-6-8-15/h4-10H,3,11-13H2,1-2H3,(H,21,26)(H,22,27). The van der Waals surface area contributed by atoms with E-state index in [0.717, 1.165) is 16.9 Å². The van der Waals surface area contributed by atoms with Crippen molar-refractivity contribution in [2.24, 2.45) is 0 Å². The molecule has 2 aromatic heterocycles. The van der Waals surface area contributed by atoms with E-state index in [9.17, 15) is 9.59 Å². The van der Waals surface area contributed by atoms with Crippen LogP contribution in [0.1, 0.15) is 18.2 Å². The van der Waals surface area contributed by atoms with Crippen LogP contribution in [0.15, 0.2) is 52.2 Å². The molecular weight excluding hydrogens is 390 g/mol. The normalized spacial score (nSPS) is 10.7. The average molecular weight is 414 g/mol. The zero-order valence-corrected chi connectivity index (χ0v) is 17.2. The van der Waals surface area contributed by atoms with Crippen LogP contribution >= 0.6 is 11.8 Å². The number of hydrogen-bond acceptors (Lipinski definition) is 6. The molecule has 0 radical (unpaired) electrons. The van der Waals surface area contributed by atoms with E-state index in [1.165, 1.54) is 11.8 Å². The number of aryl methyl sites for hydroxylation is 1. The average Bonchev–Trinajstić information content (AvgIpc) is 3.31. The second-order valence-electron chi connectivity index (χ2n) is 6.29. The van der Waals surface area contributed by atoms with E-state index in [0.29, 0.717) is 24.1 Å². The number of thioether (sulfide) groups is 1. The Labute approximate surface area is 173 Å². The molecule has 2 amide bonds. The van der Waals surface area contributed by atoms with Gasteiger partial charge in [0.1, 0.15) is 5.76 Å². The Kier molecular flexibility index (Phi) is 7.07. The molecule has 0 bridgehead atoms. The molecule has 0 atom stereocenters. The maximum atomic E-state index is 12.1. The third-order valence-electron chi connectivity index (χ3n) is 4.15. The number of amides is 2. The SMILES string of the molecule is CCNC(=O)CNC(=O)CSc1nnc(-c2ccoc2C)n1Cc1ccccc1. The van der Waals surface area contributed by atoms with Gasteiger partial charge in [0.2, 0.25) is 11.8 Å². The highest BCUT2D eigenvalue weighted by Gasteiger charge is 2.18. The van der Waals surface area contributed by atoms with Crippen molar-refractivity contribution < 1.29 is 14.0 Å². The number of carbonyl (C=O) groups excluding carboxylic acids is 2. The molecule has 0 aliphatic carbocycles. The van der Waals surface area contributed by atoms with E-state index in [1.807, 2.05) is 54.8 Å². The number of aromatic nitrogens is 3. The summed E-state index contributed by atoms with van der Waals surface area (Å²) in [4.78, 5) is 23.6. The molecule has 29 heavy (non-hydrogen) atoms. The van der Waals surface area contributed by atoms with Crippen molar-refractivity contribution in [3.63, 3.8) is 0 Å². The predicted molar refractivity (Wildman–Crippen MR) is 110 cm³/mol. The quantitative estimate of drug-likeness (QED) is 0.522. The van der Waals surface area contributed by atoms with Gasteiger partial charge in [-0.25, -0.2) is 0 Å². The van der Waals surface area contributed by atoms with Crippen molar-refractivity contribution in [2.75, 3.05) is 18.8 Å². The number of benzene rings is 1. The molecule has 0 aliphatic rings.